The van der Waals surface area contributed by atoms with Gasteiger partial charge in [-0.2, -0.15) is 0 Å². The van der Waals surface area contributed by atoms with E-state index in [9.17, 15) is 0 Å². The number of halogens is 1. The Morgan fingerprint density at radius 2 is 1.89 bits per heavy atom. The van der Waals surface area contributed by atoms with Crippen LogP contribution in [0.1, 0.15) is 57.4 Å². The highest BCUT2D eigenvalue weighted by Gasteiger charge is 2.12. The van der Waals surface area contributed by atoms with E-state index in [-0.39, 0.29) is 0 Å². The van der Waals surface area contributed by atoms with Gasteiger partial charge in [-0.15, -0.1) is 0 Å². The smallest absolute Gasteiger partial charge is 0.0410 e. The zero-order chi connectivity index (χ0) is 13.5. The number of unbranched alkanes of at least 4 members (excludes halogenated alkanes) is 3. The van der Waals surface area contributed by atoms with Crippen LogP contribution in [0.5, 0.6) is 0 Å². The third-order valence-corrected chi connectivity index (χ3v) is 3.73. The molecule has 102 valence electrons. The van der Waals surface area contributed by atoms with Gasteiger partial charge in [0.1, 0.15) is 0 Å². The van der Waals surface area contributed by atoms with Crippen molar-refractivity contribution >= 4 is 17.3 Å². The normalized spacial score (nSPS) is 12.5. The number of benzene rings is 1. The summed E-state index contributed by atoms with van der Waals surface area (Å²) in [6.45, 7) is 4.56. The standard InChI is InChI=1S/C16H26ClN/c1-5-6-7-8-9-13(2)15-12-14(17)10-11-16(15)18(3)4/h10-13H,5-9H2,1-4H3. The molecular formula is C16H26ClN. The Labute approximate surface area is 117 Å². The lowest BCUT2D eigenvalue weighted by Gasteiger charge is -2.22. The van der Waals surface area contributed by atoms with Gasteiger partial charge in [0, 0.05) is 24.8 Å². The number of hydrogen-bond donors (Lipinski definition) is 0. The molecule has 0 heterocycles. The molecule has 0 amide bonds. The molecule has 1 nitrogen and oxygen atoms in total. The minimum Gasteiger partial charge on any atom is -0.377 e. The van der Waals surface area contributed by atoms with E-state index in [1.807, 2.05) is 6.07 Å². The Morgan fingerprint density at radius 3 is 2.50 bits per heavy atom. The van der Waals surface area contributed by atoms with Gasteiger partial charge in [-0.05, 0) is 36.1 Å². The van der Waals surface area contributed by atoms with Crippen LogP contribution in [0.25, 0.3) is 0 Å². The summed E-state index contributed by atoms with van der Waals surface area (Å²) in [5, 5.41) is 0.844. The van der Waals surface area contributed by atoms with Crippen molar-refractivity contribution in [2.24, 2.45) is 0 Å². The first-order valence-electron chi connectivity index (χ1n) is 7.03. The fraction of sp³-hybridized carbons (Fsp3) is 0.625. The van der Waals surface area contributed by atoms with E-state index in [1.165, 1.54) is 43.4 Å². The Kier molecular flexibility index (Phi) is 6.56. The molecule has 0 saturated heterocycles. The highest BCUT2D eigenvalue weighted by molar-refractivity contribution is 6.30. The first-order chi connectivity index (χ1) is 8.56. The van der Waals surface area contributed by atoms with Gasteiger partial charge in [-0.1, -0.05) is 51.1 Å². The van der Waals surface area contributed by atoms with Crippen LogP contribution >= 0.6 is 11.6 Å². The molecule has 1 rings (SSSR count). The fourth-order valence-electron chi connectivity index (χ4n) is 2.36. The molecule has 0 bridgehead atoms. The van der Waals surface area contributed by atoms with E-state index >= 15 is 0 Å². The molecule has 0 aliphatic rings. The van der Waals surface area contributed by atoms with Crippen LogP contribution in [0.15, 0.2) is 18.2 Å². The van der Waals surface area contributed by atoms with Gasteiger partial charge in [-0.25, -0.2) is 0 Å². The predicted molar refractivity (Wildman–Crippen MR) is 83.0 cm³/mol. The largest absolute Gasteiger partial charge is 0.377 e. The van der Waals surface area contributed by atoms with E-state index in [4.69, 9.17) is 11.6 Å². The number of rotatable bonds is 7. The summed E-state index contributed by atoms with van der Waals surface area (Å²) < 4.78 is 0. The topological polar surface area (TPSA) is 3.24 Å². The fourth-order valence-corrected chi connectivity index (χ4v) is 2.54. The van der Waals surface area contributed by atoms with Crippen molar-refractivity contribution in [3.63, 3.8) is 0 Å². The van der Waals surface area contributed by atoms with Crippen LogP contribution < -0.4 is 4.90 Å². The molecular weight excluding hydrogens is 242 g/mol. The Hall–Kier alpha value is -0.690. The van der Waals surface area contributed by atoms with E-state index in [2.05, 4.69) is 45.0 Å². The van der Waals surface area contributed by atoms with Crippen molar-refractivity contribution in [1.82, 2.24) is 0 Å². The van der Waals surface area contributed by atoms with Gasteiger partial charge in [0.2, 0.25) is 0 Å². The van der Waals surface area contributed by atoms with Crippen molar-refractivity contribution < 1.29 is 0 Å². The maximum atomic E-state index is 6.13. The van der Waals surface area contributed by atoms with Gasteiger partial charge in [-0.3, -0.25) is 0 Å². The molecule has 0 saturated carbocycles. The lowest BCUT2D eigenvalue weighted by Crippen LogP contribution is -2.12. The molecule has 1 unspecified atom stereocenters. The van der Waals surface area contributed by atoms with Crippen molar-refractivity contribution in [2.75, 3.05) is 19.0 Å². The summed E-state index contributed by atoms with van der Waals surface area (Å²) in [7, 11) is 4.19. The maximum absolute atomic E-state index is 6.13. The predicted octanol–water partition coefficient (Wildman–Crippen LogP) is 5.48. The summed E-state index contributed by atoms with van der Waals surface area (Å²) in [6.07, 6.45) is 6.56. The Balaban J connectivity index is 2.70. The van der Waals surface area contributed by atoms with Crippen LogP contribution in [-0.4, -0.2) is 14.1 Å². The van der Waals surface area contributed by atoms with Crippen LogP contribution in [0, 0.1) is 0 Å². The van der Waals surface area contributed by atoms with Crippen LogP contribution in [0.4, 0.5) is 5.69 Å². The first-order valence-corrected chi connectivity index (χ1v) is 7.40. The minimum atomic E-state index is 0.581. The third-order valence-electron chi connectivity index (χ3n) is 3.49. The highest BCUT2D eigenvalue weighted by atomic mass is 35.5. The van der Waals surface area contributed by atoms with Gasteiger partial charge in [0.25, 0.3) is 0 Å². The molecule has 2 heteroatoms. The number of hydrogen-bond acceptors (Lipinski definition) is 1. The third kappa shape index (κ3) is 4.53. The van der Waals surface area contributed by atoms with E-state index < -0.39 is 0 Å². The molecule has 0 spiro atoms. The van der Waals surface area contributed by atoms with Crippen molar-refractivity contribution in [2.45, 2.75) is 51.9 Å². The second kappa shape index (κ2) is 7.68. The van der Waals surface area contributed by atoms with Gasteiger partial charge < -0.3 is 4.90 Å². The Bertz CT molecular complexity index is 360. The second-order valence-corrected chi connectivity index (χ2v) is 5.78. The summed E-state index contributed by atoms with van der Waals surface area (Å²) >= 11 is 6.13. The minimum absolute atomic E-state index is 0.581. The average Bonchev–Trinajstić information content (AvgIpc) is 2.34. The highest BCUT2D eigenvalue weighted by Crippen LogP contribution is 2.32. The molecule has 0 radical (unpaired) electrons. The Morgan fingerprint density at radius 1 is 1.17 bits per heavy atom. The van der Waals surface area contributed by atoms with Crippen LogP contribution in [-0.2, 0) is 0 Å². The summed E-state index contributed by atoms with van der Waals surface area (Å²) in [6, 6.07) is 6.23. The van der Waals surface area contributed by atoms with Crippen LogP contribution in [0.2, 0.25) is 5.02 Å². The zero-order valence-electron chi connectivity index (χ0n) is 12.2. The number of nitrogens with zero attached hydrogens (tertiary/aromatic N) is 1. The average molecular weight is 268 g/mol. The van der Waals surface area contributed by atoms with Gasteiger partial charge in [0.05, 0.1) is 0 Å². The monoisotopic (exact) mass is 267 g/mol. The van der Waals surface area contributed by atoms with E-state index in [1.54, 1.807) is 0 Å². The molecule has 18 heavy (non-hydrogen) atoms. The molecule has 0 fully saturated rings. The molecule has 0 aromatic heterocycles. The zero-order valence-corrected chi connectivity index (χ0v) is 12.9. The molecule has 0 N–H and O–H groups in total. The molecule has 1 aromatic rings. The van der Waals surface area contributed by atoms with E-state index in [0.717, 1.165) is 5.02 Å². The summed E-state index contributed by atoms with van der Waals surface area (Å²) in [4.78, 5) is 2.17. The van der Waals surface area contributed by atoms with E-state index in [0.29, 0.717) is 5.92 Å². The molecule has 1 atom stereocenters. The molecule has 0 aliphatic carbocycles. The van der Waals surface area contributed by atoms with Gasteiger partial charge >= 0.3 is 0 Å². The lowest BCUT2D eigenvalue weighted by atomic mass is 9.93. The lowest BCUT2D eigenvalue weighted by molar-refractivity contribution is 0.580. The van der Waals surface area contributed by atoms with Crippen LogP contribution in [0.3, 0.4) is 0 Å². The molecule has 0 aliphatic heterocycles. The van der Waals surface area contributed by atoms with Crippen molar-refractivity contribution in [1.29, 1.82) is 0 Å². The first kappa shape index (κ1) is 15.4. The summed E-state index contributed by atoms with van der Waals surface area (Å²) in [5.74, 6) is 0.581. The summed E-state index contributed by atoms with van der Waals surface area (Å²) in [5.41, 5.74) is 2.67. The second-order valence-electron chi connectivity index (χ2n) is 5.35. The molecule has 1 aromatic carbocycles. The maximum Gasteiger partial charge on any atom is 0.0410 e. The number of anilines is 1. The van der Waals surface area contributed by atoms with Gasteiger partial charge in [0.15, 0.2) is 0 Å². The van der Waals surface area contributed by atoms with Crippen molar-refractivity contribution in [3.8, 4) is 0 Å². The SMILES string of the molecule is CCCCCCC(C)c1cc(Cl)ccc1N(C)C. The quantitative estimate of drug-likeness (QED) is 0.591. The van der Waals surface area contributed by atoms with Crippen molar-refractivity contribution in [3.05, 3.63) is 28.8 Å².